The van der Waals surface area contributed by atoms with Crippen LogP contribution in [0.25, 0.3) is 0 Å². The minimum Gasteiger partial charge on any atom is -0.495 e. The summed E-state index contributed by atoms with van der Waals surface area (Å²) in [5.41, 5.74) is 1.51. The van der Waals surface area contributed by atoms with Crippen LogP contribution in [-0.4, -0.2) is 48.8 Å². The Hall–Kier alpha value is -1.30. The number of methoxy groups -OCH3 is 1. The van der Waals surface area contributed by atoms with E-state index in [1.54, 1.807) is 13.2 Å². The highest BCUT2D eigenvalue weighted by Gasteiger charge is 2.29. The molecule has 0 bridgehead atoms. The van der Waals surface area contributed by atoms with Crippen LogP contribution in [0.5, 0.6) is 5.75 Å². The summed E-state index contributed by atoms with van der Waals surface area (Å²) in [5.74, 6) is 0.729. The molecule has 122 valence electrons. The van der Waals surface area contributed by atoms with E-state index < -0.39 is 0 Å². The van der Waals surface area contributed by atoms with Crippen molar-refractivity contribution in [1.82, 2.24) is 4.90 Å². The molecule has 1 fully saturated rings. The minimum absolute atomic E-state index is 0.0846. The summed E-state index contributed by atoms with van der Waals surface area (Å²) in [6, 6.07) is 3.26. The van der Waals surface area contributed by atoms with Gasteiger partial charge < -0.3 is 15.2 Å². The summed E-state index contributed by atoms with van der Waals surface area (Å²) in [7, 11) is 1.55. The highest BCUT2D eigenvalue weighted by molar-refractivity contribution is 6.31. The Bertz CT molecular complexity index is 550. The van der Waals surface area contributed by atoms with Crippen LogP contribution < -0.4 is 10.1 Å². The summed E-state index contributed by atoms with van der Waals surface area (Å²) in [4.78, 5) is 14.5. The van der Waals surface area contributed by atoms with Gasteiger partial charge in [-0.2, -0.15) is 0 Å². The lowest BCUT2D eigenvalue weighted by Gasteiger charge is -2.24. The lowest BCUT2D eigenvalue weighted by molar-refractivity contribution is -0.120. The van der Waals surface area contributed by atoms with Gasteiger partial charge in [0.05, 0.1) is 18.8 Å². The molecule has 5 nitrogen and oxygen atoms in total. The first kappa shape index (κ1) is 17.1. The van der Waals surface area contributed by atoms with Crippen molar-refractivity contribution in [3.05, 3.63) is 22.7 Å². The van der Waals surface area contributed by atoms with Gasteiger partial charge in [0, 0.05) is 24.2 Å². The summed E-state index contributed by atoms with van der Waals surface area (Å²) in [6.45, 7) is 5.52. The van der Waals surface area contributed by atoms with Crippen LogP contribution >= 0.6 is 11.6 Å². The monoisotopic (exact) mass is 326 g/mol. The van der Waals surface area contributed by atoms with Crippen molar-refractivity contribution < 1.29 is 14.6 Å². The fourth-order valence-corrected chi connectivity index (χ4v) is 2.85. The molecule has 1 aliphatic heterocycles. The van der Waals surface area contributed by atoms with Crippen molar-refractivity contribution in [3.63, 3.8) is 0 Å². The number of hydrogen-bond acceptors (Lipinski definition) is 4. The first-order valence-corrected chi connectivity index (χ1v) is 7.84. The normalized spacial score (nSPS) is 20.0. The van der Waals surface area contributed by atoms with E-state index in [0.29, 0.717) is 16.5 Å². The van der Waals surface area contributed by atoms with Crippen LogP contribution in [0, 0.1) is 12.8 Å². The van der Waals surface area contributed by atoms with E-state index in [9.17, 15) is 9.90 Å². The van der Waals surface area contributed by atoms with E-state index in [1.807, 2.05) is 19.9 Å². The number of likely N-dealkylation sites (tertiary alicyclic amines) is 1. The van der Waals surface area contributed by atoms with E-state index in [4.69, 9.17) is 16.3 Å². The van der Waals surface area contributed by atoms with E-state index in [0.717, 1.165) is 25.1 Å². The van der Waals surface area contributed by atoms with Gasteiger partial charge >= 0.3 is 0 Å². The number of aliphatic hydroxyl groups excluding tert-OH is 1. The average molecular weight is 327 g/mol. The lowest BCUT2D eigenvalue weighted by atomic mass is 10.1. The summed E-state index contributed by atoms with van der Waals surface area (Å²) in [5, 5.41) is 12.7. The maximum atomic E-state index is 12.5. The molecule has 0 radical (unpaired) electrons. The molecule has 6 heteroatoms. The number of carbonyl (C=O) groups is 1. The number of ether oxygens (including phenoxy) is 1. The molecule has 1 heterocycles. The number of anilines is 1. The number of rotatable bonds is 5. The summed E-state index contributed by atoms with van der Waals surface area (Å²) >= 11 is 6.07. The van der Waals surface area contributed by atoms with Crippen molar-refractivity contribution >= 4 is 23.2 Å². The van der Waals surface area contributed by atoms with Gasteiger partial charge in [-0.15, -0.1) is 0 Å². The molecule has 0 spiro atoms. The van der Waals surface area contributed by atoms with Gasteiger partial charge in [0.1, 0.15) is 5.75 Å². The van der Waals surface area contributed by atoms with Gasteiger partial charge in [-0.3, -0.25) is 9.69 Å². The largest absolute Gasteiger partial charge is 0.495 e. The molecule has 0 aromatic heterocycles. The third-order valence-corrected chi connectivity index (χ3v) is 4.65. The fourth-order valence-electron chi connectivity index (χ4n) is 2.70. The average Bonchev–Trinajstić information content (AvgIpc) is 2.98. The molecule has 2 rings (SSSR count). The van der Waals surface area contributed by atoms with Crippen LogP contribution in [-0.2, 0) is 4.79 Å². The van der Waals surface area contributed by atoms with Gasteiger partial charge in [0.2, 0.25) is 5.91 Å². The lowest BCUT2D eigenvalue weighted by Crippen LogP contribution is -2.40. The number of benzene rings is 1. The number of nitrogens with one attached hydrogen (secondary N) is 1. The molecule has 1 saturated heterocycles. The molecule has 2 atom stereocenters. The quantitative estimate of drug-likeness (QED) is 0.871. The Morgan fingerprint density at radius 2 is 2.32 bits per heavy atom. The number of hydrogen-bond donors (Lipinski definition) is 2. The van der Waals surface area contributed by atoms with E-state index in [-0.39, 0.29) is 24.5 Å². The number of aryl methyl sites for hydroxylation is 1. The molecule has 2 unspecified atom stereocenters. The number of amides is 1. The van der Waals surface area contributed by atoms with Crippen molar-refractivity contribution in [3.8, 4) is 5.75 Å². The fraction of sp³-hybridized carbons (Fsp3) is 0.562. The van der Waals surface area contributed by atoms with Crippen LogP contribution in [0.1, 0.15) is 18.9 Å². The molecule has 2 N–H and O–H groups in total. The molecule has 1 amide bonds. The Kier molecular flexibility index (Phi) is 5.67. The number of halogens is 1. The van der Waals surface area contributed by atoms with Gasteiger partial charge in [-0.1, -0.05) is 11.6 Å². The molecule has 0 saturated carbocycles. The third-order valence-electron chi connectivity index (χ3n) is 4.24. The molecular weight excluding hydrogens is 304 g/mol. The molecule has 22 heavy (non-hydrogen) atoms. The number of nitrogens with zero attached hydrogens (tertiary/aromatic N) is 1. The first-order valence-electron chi connectivity index (χ1n) is 7.46. The zero-order valence-corrected chi connectivity index (χ0v) is 14.0. The molecule has 1 aromatic rings. The standard InChI is InChI=1S/C16H23ClN2O3/c1-10-6-14(15(22-3)7-13(10)17)18-16(21)11(2)19-5-4-12(8-19)9-20/h6-7,11-12,20H,4-5,8-9H2,1-3H3,(H,18,21). The Balaban J connectivity index is 2.07. The van der Waals surface area contributed by atoms with Crippen LogP contribution in [0.15, 0.2) is 12.1 Å². The number of carbonyl (C=O) groups excluding carboxylic acids is 1. The van der Waals surface area contributed by atoms with E-state index in [1.165, 1.54) is 0 Å². The Morgan fingerprint density at radius 3 is 2.91 bits per heavy atom. The molecule has 1 aliphatic rings. The van der Waals surface area contributed by atoms with Crippen LogP contribution in [0.4, 0.5) is 5.69 Å². The van der Waals surface area contributed by atoms with Crippen LogP contribution in [0.2, 0.25) is 5.02 Å². The number of aliphatic hydroxyl groups is 1. The van der Waals surface area contributed by atoms with E-state index >= 15 is 0 Å². The van der Waals surface area contributed by atoms with Gasteiger partial charge in [0.15, 0.2) is 0 Å². The molecule has 1 aromatic carbocycles. The maximum absolute atomic E-state index is 12.5. The Labute approximate surface area is 136 Å². The summed E-state index contributed by atoms with van der Waals surface area (Å²) < 4.78 is 5.28. The molecule has 0 aliphatic carbocycles. The second-order valence-corrected chi connectivity index (χ2v) is 6.21. The zero-order chi connectivity index (χ0) is 16.3. The smallest absolute Gasteiger partial charge is 0.241 e. The van der Waals surface area contributed by atoms with Crippen LogP contribution in [0.3, 0.4) is 0 Å². The predicted octanol–water partition coefficient (Wildman–Crippen LogP) is 2.30. The highest BCUT2D eigenvalue weighted by Crippen LogP contribution is 2.31. The van der Waals surface area contributed by atoms with E-state index in [2.05, 4.69) is 10.2 Å². The zero-order valence-electron chi connectivity index (χ0n) is 13.2. The van der Waals surface area contributed by atoms with Crippen molar-refractivity contribution in [2.24, 2.45) is 5.92 Å². The predicted molar refractivity (Wildman–Crippen MR) is 87.6 cm³/mol. The molecular formula is C16H23ClN2O3. The third kappa shape index (κ3) is 3.72. The van der Waals surface area contributed by atoms with Crippen molar-refractivity contribution in [2.45, 2.75) is 26.3 Å². The first-order chi connectivity index (χ1) is 10.5. The van der Waals surface area contributed by atoms with Gasteiger partial charge in [-0.05, 0) is 44.4 Å². The van der Waals surface area contributed by atoms with Crippen molar-refractivity contribution in [2.75, 3.05) is 32.1 Å². The highest BCUT2D eigenvalue weighted by atomic mass is 35.5. The second-order valence-electron chi connectivity index (χ2n) is 5.80. The van der Waals surface area contributed by atoms with Gasteiger partial charge in [-0.25, -0.2) is 0 Å². The maximum Gasteiger partial charge on any atom is 0.241 e. The summed E-state index contributed by atoms with van der Waals surface area (Å²) in [6.07, 6.45) is 0.928. The second kappa shape index (κ2) is 7.31. The van der Waals surface area contributed by atoms with Crippen molar-refractivity contribution in [1.29, 1.82) is 0 Å². The minimum atomic E-state index is -0.253. The topological polar surface area (TPSA) is 61.8 Å². The van der Waals surface area contributed by atoms with Gasteiger partial charge in [0.25, 0.3) is 0 Å². The Morgan fingerprint density at radius 1 is 1.59 bits per heavy atom. The SMILES string of the molecule is COc1cc(Cl)c(C)cc1NC(=O)C(C)N1CCC(CO)C1.